The monoisotopic (exact) mass is 479 g/mol. The molecule has 0 saturated heterocycles. The van der Waals surface area contributed by atoms with E-state index in [9.17, 15) is 13.2 Å². The summed E-state index contributed by atoms with van der Waals surface area (Å²) >= 11 is 0. The van der Waals surface area contributed by atoms with E-state index in [1.807, 2.05) is 41.8 Å². The van der Waals surface area contributed by atoms with Gasteiger partial charge in [0, 0.05) is 44.8 Å². The Labute approximate surface area is 197 Å². The summed E-state index contributed by atoms with van der Waals surface area (Å²) in [7, 11) is 0.655. The van der Waals surface area contributed by atoms with Crippen LogP contribution in [0.15, 0.2) is 54.7 Å². The summed E-state index contributed by atoms with van der Waals surface area (Å²) in [6.45, 7) is 1.45. The molecule has 0 saturated carbocycles. The van der Waals surface area contributed by atoms with Gasteiger partial charge in [-0.1, -0.05) is 12.1 Å². The van der Waals surface area contributed by atoms with Crippen LogP contribution >= 0.6 is 0 Å². The summed E-state index contributed by atoms with van der Waals surface area (Å²) in [4.78, 5) is 26.7. The summed E-state index contributed by atoms with van der Waals surface area (Å²) < 4.78 is 24.8. The smallest absolute Gasteiger partial charge is 0.229 e. The number of carbonyl (C=O) groups excluding carboxylic acids is 1. The number of carbonyl (C=O) groups is 1. The lowest BCUT2D eigenvalue weighted by Gasteiger charge is -2.19. The first-order chi connectivity index (χ1) is 16.1. The van der Waals surface area contributed by atoms with Crippen molar-refractivity contribution in [2.45, 2.75) is 12.7 Å². The number of sulfone groups is 1. The Morgan fingerprint density at radius 3 is 2.50 bits per heavy atom. The van der Waals surface area contributed by atoms with E-state index in [1.165, 1.54) is 13.2 Å². The Hall–Kier alpha value is -3.99. The highest BCUT2D eigenvalue weighted by Gasteiger charge is 2.13. The maximum atomic E-state index is 11.5. The molecule has 0 bridgehead atoms. The second-order valence-electron chi connectivity index (χ2n) is 8.04. The number of fused-ring (bicyclic) bond motifs is 1. The Morgan fingerprint density at radius 2 is 1.82 bits per heavy atom. The van der Waals surface area contributed by atoms with E-state index in [4.69, 9.17) is 0 Å². The molecule has 0 spiro atoms. The Kier molecular flexibility index (Phi) is 6.20. The number of aryl methyl sites for hydroxylation is 1. The largest absolute Gasteiger partial charge is 0.329 e. The van der Waals surface area contributed by atoms with Crippen molar-refractivity contribution < 1.29 is 13.2 Å². The minimum atomic E-state index is -3.09. The molecule has 0 atom stereocenters. The predicted molar refractivity (Wildman–Crippen MR) is 133 cm³/mol. The lowest BCUT2D eigenvalue weighted by atomic mass is 10.2. The van der Waals surface area contributed by atoms with Crippen molar-refractivity contribution in [1.82, 2.24) is 19.5 Å². The molecule has 0 aliphatic heterocycles. The lowest BCUT2D eigenvalue weighted by molar-refractivity contribution is -0.114. The molecule has 0 radical (unpaired) electrons. The molecule has 2 aromatic heterocycles. The molecule has 2 aromatic carbocycles. The second kappa shape index (κ2) is 9.10. The standard InChI is InChI=1S/C23H25N7O3S/c1-15(31)25-23-27-19-13-18(9-10-20(19)30(23)3)29(2)21-11-12-24-22(28-21)26-17-7-5-16(6-8-17)14-34(4,32)33/h5-13H,14H2,1-4H3,(H,24,26,28)(H,25,27,31). The van der Waals surface area contributed by atoms with E-state index >= 15 is 0 Å². The molecule has 4 aromatic rings. The SMILES string of the molecule is CC(=O)Nc1nc2cc(N(C)c3ccnc(Nc4ccc(CS(C)(=O)=O)cc4)n3)ccc2n1C. The molecule has 11 heteroatoms. The third-order valence-corrected chi connectivity index (χ3v) is 6.02. The minimum Gasteiger partial charge on any atom is -0.329 e. The highest BCUT2D eigenvalue weighted by molar-refractivity contribution is 7.89. The van der Waals surface area contributed by atoms with Crippen molar-refractivity contribution in [1.29, 1.82) is 0 Å². The third kappa shape index (κ3) is 5.31. The van der Waals surface area contributed by atoms with Gasteiger partial charge < -0.3 is 14.8 Å². The highest BCUT2D eigenvalue weighted by Crippen LogP contribution is 2.28. The van der Waals surface area contributed by atoms with Crippen molar-refractivity contribution >= 4 is 55.9 Å². The van der Waals surface area contributed by atoms with Crippen LogP contribution in [0.25, 0.3) is 11.0 Å². The minimum absolute atomic E-state index is 0.00299. The van der Waals surface area contributed by atoms with Crippen LogP contribution in [-0.2, 0) is 27.4 Å². The molecule has 2 heterocycles. The van der Waals surface area contributed by atoms with Crippen LogP contribution in [0.5, 0.6) is 0 Å². The summed E-state index contributed by atoms with van der Waals surface area (Å²) in [5.41, 5.74) is 3.98. The van der Waals surface area contributed by atoms with Gasteiger partial charge in [-0.15, -0.1) is 0 Å². The number of hydrogen-bond acceptors (Lipinski definition) is 8. The third-order valence-electron chi connectivity index (χ3n) is 5.16. The van der Waals surface area contributed by atoms with Crippen molar-refractivity contribution in [3.8, 4) is 0 Å². The molecule has 2 N–H and O–H groups in total. The van der Waals surface area contributed by atoms with Gasteiger partial charge in [0.25, 0.3) is 0 Å². The predicted octanol–water partition coefficient (Wildman–Crippen LogP) is 3.38. The summed E-state index contributed by atoms with van der Waals surface area (Å²) in [6.07, 6.45) is 2.87. The van der Waals surface area contributed by atoms with Gasteiger partial charge in [0.2, 0.25) is 17.8 Å². The maximum absolute atomic E-state index is 11.5. The van der Waals surface area contributed by atoms with E-state index < -0.39 is 9.84 Å². The summed E-state index contributed by atoms with van der Waals surface area (Å²) in [5.74, 6) is 1.38. The van der Waals surface area contributed by atoms with Crippen LogP contribution in [-0.4, -0.2) is 47.1 Å². The number of benzene rings is 2. The first kappa shape index (κ1) is 23.2. The number of aromatic nitrogens is 4. The fourth-order valence-electron chi connectivity index (χ4n) is 3.51. The summed E-state index contributed by atoms with van der Waals surface area (Å²) in [5, 5.41) is 5.87. The van der Waals surface area contributed by atoms with Crippen molar-refractivity contribution in [3.63, 3.8) is 0 Å². The second-order valence-corrected chi connectivity index (χ2v) is 10.2. The molecule has 176 valence electrons. The molecule has 10 nitrogen and oxygen atoms in total. The Morgan fingerprint density at radius 1 is 1.09 bits per heavy atom. The van der Waals surface area contributed by atoms with Gasteiger partial charge in [0.1, 0.15) is 5.82 Å². The zero-order valence-corrected chi connectivity index (χ0v) is 20.1. The average Bonchev–Trinajstić information content (AvgIpc) is 3.08. The first-order valence-corrected chi connectivity index (χ1v) is 12.5. The van der Waals surface area contributed by atoms with Crippen LogP contribution in [0.2, 0.25) is 0 Å². The van der Waals surface area contributed by atoms with Gasteiger partial charge in [-0.3, -0.25) is 10.1 Å². The van der Waals surface area contributed by atoms with Gasteiger partial charge in [0.15, 0.2) is 9.84 Å². The summed E-state index contributed by atoms with van der Waals surface area (Å²) in [6, 6.07) is 14.7. The first-order valence-electron chi connectivity index (χ1n) is 10.4. The zero-order chi connectivity index (χ0) is 24.5. The van der Waals surface area contributed by atoms with E-state index in [-0.39, 0.29) is 11.7 Å². The van der Waals surface area contributed by atoms with E-state index in [0.717, 1.165) is 22.4 Å². The molecule has 34 heavy (non-hydrogen) atoms. The quantitative estimate of drug-likeness (QED) is 0.414. The fraction of sp³-hybridized carbons (Fsp3) is 0.217. The molecular weight excluding hydrogens is 454 g/mol. The zero-order valence-electron chi connectivity index (χ0n) is 19.3. The van der Waals surface area contributed by atoms with E-state index in [1.54, 1.807) is 36.5 Å². The normalized spacial score (nSPS) is 11.4. The van der Waals surface area contributed by atoms with Crippen LogP contribution in [0, 0.1) is 0 Å². The van der Waals surface area contributed by atoms with Crippen molar-refractivity contribution in [3.05, 3.63) is 60.3 Å². The van der Waals surface area contributed by atoms with E-state index in [0.29, 0.717) is 23.3 Å². The molecule has 0 fully saturated rings. The topological polar surface area (TPSA) is 122 Å². The van der Waals surface area contributed by atoms with Crippen LogP contribution in [0.4, 0.5) is 29.1 Å². The van der Waals surface area contributed by atoms with Gasteiger partial charge in [-0.2, -0.15) is 4.98 Å². The van der Waals surface area contributed by atoms with Crippen molar-refractivity contribution in [2.75, 3.05) is 28.8 Å². The van der Waals surface area contributed by atoms with Crippen LogP contribution < -0.4 is 15.5 Å². The molecular formula is C23H25N7O3S. The molecule has 0 aliphatic carbocycles. The Balaban J connectivity index is 1.54. The lowest BCUT2D eigenvalue weighted by Crippen LogP contribution is -2.12. The highest BCUT2D eigenvalue weighted by atomic mass is 32.2. The van der Waals surface area contributed by atoms with Crippen LogP contribution in [0.3, 0.4) is 0 Å². The van der Waals surface area contributed by atoms with E-state index in [2.05, 4.69) is 25.6 Å². The fourth-order valence-corrected chi connectivity index (χ4v) is 4.31. The molecule has 0 unspecified atom stereocenters. The van der Waals surface area contributed by atoms with Gasteiger partial charge >= 0.3 is 0 Å². The number of imidazole rings is 1. The Bertz CT molecular complexity index is 1460. The average molecular weight is 480 g/mol. The number of hydrogen-bond donors (Lipinski definition) is 2. The van der Waals surface area contributed by atoms with Gasteiger partial charge in [0.05, 0.1) is 16.8 Å². The van der Waals surface area contributed by atoms with Crippen LogP contribution in [0.1, 0.15) is 12.5 Å². The molecule has 0 aliphatic rings. The number of amides is 1. The van der Waals surface area contributed by atoms with Gasteiger partial charge in [-0.05, 0) is 42.0 Å². The molecule has 4 rings (SSSR count). The molecule has 1 amide bonds. The number of rotatable bonds is 7. The number of nitrogens with zero attached hydrogens (tertiary/aromatic N) is 5. The number of anilines is 5. The maximum Gasteiger partial charge on any atom is 0.229 e. The number of nitrogens with one attached hydrogen (secondary N) is 2. The van der Waals surface area contributed by atoms with Crippen molar-refractivity contribution in [2.24, 2.45) is 7.05 Å². The van der Waals surface area contributed by atoms with Gasteiger partial charge in [-0.25, -0.2) is 18.4 Å².